The molecule has 0 aromatic heterocycles. The number of benzene rings is 1. The van der Waals surface area contributed by atoms with E-state index in [1.165, 1.54) is 0 Å². The fraction of sp³-hybridized carbons (Fsp3) is 0.529. The minimum atomic E-state index is -0.813. The summed E-state index contributed by atoms with van der Waals surface area (Å²) >= 11 is 3.41. The first kappa shape index (κ1) is 17.8. The maximum absolute atomic E-state index is 12.3. The van der Waals surface area contributed by atoms with Crippen molar-refractivity contribution in [1.29, 1.82) is 0 Å². The van der Waals surface area contributed by atoms with Crippen molar-refractivity contribution in [2.45, 2.75) is 26.2 Å². The Morgan fingerprint density at radius 3 is 2.78 bits per heavy atom. The molecule has 2 atom stereocenters. The number of carboxylic acid groups (broad SMARTS) is 1. The van der Waals surface area contributed by atoms with Crippen LogP contribution in [0, 0.1) is 11.8 Å². The maximum atomic E-state index is 12.3. The monoisotopic (exact) mass is 383 g/mol. The summed E-state index contributed by atoms with van der Waals surface area (Å²) in [5.74, 6) is -0.257. The van der Waals surface area contributed by atoms with Gasteiger partial charge in [0, 0.05) is 19.5 Å². The summed E-state index contributed by atoms with van der Waals surface area (Å²) in [5.41, 5.74) is 0. The van der Waals surface area contributed by atoms with Gasteiger partial charge in [0.2, 0.25) is 5.91 Å². The van der Waals surface area contributed by atoms with Crippen molar-refractivity contribution in [3.8, 4) is 5.75 Å². The number of para-hydroxylation sites is 1. The Labute approximate surface area is 144 Å². The number of likely N-dealkylation sites (tertiary alicyclic amines) is 1. The van der Waals surface area contributed by atoms with Crippen LogP contribution in [0.25, 0.3) is 0 Å². The van der Waals surface area contributed by atoms with Crippen LogP contribution in [0.5, 0.6) is 5.75 Å². The lowest BCUT2D eigenvalue weighted by Crippen LogP contribution is -2.45. The molecule has 1 aliphatic heterocycles. The normalized spacial score (nSPS) is 21.0. The van der Waals surface area contributed by atoms with Crippen molar-refractivity contribution < 1.29 is 19.4 Å². The standard InChI is InChI=1S/C17H22BrNO4/c1-12-9-13(17(21)22)11-19(10-12)16(20)7-4-8-23-15-6-3-2-5-14(15)18/h2-3,5-6,12-13H,4,7-11H2,1H3,(H,21,22). The molecule has 1 heterocycles. The molecule has 1 amide bonds. The molecule has 1 saturated heterocycles. The first-order valence-corrected chi connectivity index (χ1v) is 8.64. The molecule has 1 aliphatic rings. The molecule has 0 radical (unpaired) electrons. The molecule has 0 bridgehead atoms. The summed E-state index contributed by atoms with van der Waals surface area (Å²) in [6, 6.07) is 7.58. The maximum Gasteiger partial charge on any atom is 0.308 e. The molecule has 0 aliphatic carbocycles. The topological polar surface area (TPSA) is 66.8 Å². The van der Waals surface area contributed by atoms with Gasteiger partial charge in [0.25, 0.3) is 0 Å². The lowest BCUT2D eigenvalue weighted by molar-refractivity contribution is -0.147. The largest absolute Gasteiger partial charge is 0.492 e. The fourth-order valence-corrected chi connectivity index (χ4v) is 3.26. The number of ether oxygens (including phenoxy) is 1. The summed E-state index contributed by atoms with van der Waals surface area (Å²) in [6.45, 7) is 3.42. The van der Waals surface area contributed by atoms with Crippen molar-refractivity contribution in [3.05, 3.63) is 28.7 Å². The molecule has 1 N–H and O–H groups in total. The van der Waals surface area contributed by atoms with Crippen molar-refractivity contribution in [2.24, 2.45) is 11.8 Å². The Kier molecular flexibility index (Phi) is 6.45. The van der Waals surface area contributed by atoms with Gasteiger partial charge in [0.1, 0.15) is 5.75 Å². The molecule has 1 aromatic rings. The van der Waals surface area contributed by atoms with Crippen LogP contribution in [-0.2, 0) is 9.59 Å². The lowest BCUT2D eigenvalue weighted by atomic mass is 9.90. The molecule has 5 nitrogen and oxygen atoms in total. The third-order valence-electron chi connectivity index (χ3n) is 3.99. The van der Waals surface area contributed by atoms with Gasteiger partial charge in [-0.1, -0.05) is 19.1 Å². The fourth-order valence-electron chi connectivity index (χ4n) is 2.86. The molecule has 0 saturated carbocycles. The van der Waals surface area contributed by atoms with Gasteiger partial charge in [0.05, 0.1) is 17.0 Å². The van der Waals surface area contributed by atoms with Crippen LogP contribution in [0.2, 0.25) is 0 Å². The van der Waals surface area contributed by atoms with Crippen LogP contribution in [0.3, 0.4) is 0 Å². The molecular weight excluding hydrogens is 362 g/mol. The number of piperidine rings is 1. The first-order valence-electron chi connectivity index (χ1n) is 7.85. The van der Waals surface area contributed by atoms with Gasteiger partial charge in [-0.2, -0.15) is 0 Å². The number of carboxylic acids is 1. The number of hydrogen-bond donors (Lipinski definition) is 1. The van der Waals surface area contributed by atoms with Crippen molar-refractivity contribution >= 4 is 27.8 Å². The first-order chi connectivity index (χ1) is 11.0. The summed E-state index contributed by atoms with van der Waals surface area (Å²) in [5, 5.41) is 9.16. The molecule has 1 aromatic carbocycles. The number of amides is 1. The van der Waals surface area contributed by atoms with Crippen LogP contribution < -0.4 is 4.74 Å². The minimum absolute atomic E-state index is 0.0125. The van der Waals surface area contributed by atoms with Crippen LogP contribution in [0.1, 0.15) is 26.2 Å². The zero-order valence-corrected chi connectivity index (χ0v) is 14.8. The Hall–Kier alpha value is -1.56. The Balaban J connectivity index is 1.76. The van der Waals surface area contributed by atoms with Gasteiger partial charge in [-0.25, -0.2) is 0 Å². The predicted molar refractivity (Wildman–Crippen MR) is 90.4 cm³/mol. The highest BCUT2D eigenvalue weighted by molar-refractivity contribution is 9.10. The van der Waals surface area contributed by atoms with E-state index in [1.54, 1.807) is 4.90 Å². The van der Waals surface area contributed by atoms with Crippen LogP contribution in [0.4, 0.5) is 0 Å². The molecule has 126 valence electrons. The molecule has 1 fully saturated rings. The number of rotatable bonds is 6. The Bertz CT molecular complexity index is 563. The Morgan fingerprint density at radius 2 is 2.09 bits per heavy atom. The number of carbonyl (C=O) groups excluding carboxylic acids is 1. The second-order valence-corrected chi connectivity index (χ2v) is 6.91. The van der Waals surface area contributed by atoms with E-state index >= 15 is 0 Å². The number of nitrogens with zero attached hydrogens (tertiary/aromatic N) is 1. The van der Waals surface area contributed by atoms with E-state index in [4.69, 9.17) is 9.84 Å². The van der Waals surface area contributed by atoms with Gasteiger partial charge in [-0.3, -0.25) is 9.59 Å². The highest BCUT2D eigenvalue weighted by Gasteiger charge is 2.31. The van der Waals surface area contributed by atoms with Gasteiger partial charge in [-0.15, -0.1) is 0 Å². The highest BCUT2D eigenvalue weighted by atomic mass is 79.9. The number of hydrogen-bond acceptors (Lipinski definition) is 3. The van der Waals surface area contributed by atoms with E-state index in [0.29, 0.717) is 39.0 Å². The van der Waals surface area contributed by atoms with Gasteiger partial charge >= 0.3 is 5.97 Å². The zero-order chi connectivity index (χ0) is 16.8. The molecule has 2 unspecified atom stereocenters. The molecular formula is C17H22BrNO4. The van der Waals surface area contributed by atoms with Gasteiger partial charge in [-0.05, 0) is 46.8 Å². The van der Waals surface area contributed by atoms with Crippen LogP contribution in [-0.4, -0.2) is 41.6 Å². The predicted octanol–water partition coefficient (Wildman–Crippen LogP) is 3.18. The Morgan fingerprint density at radius 1 is 1.35 bits per heavy atom. The summed E-state index contributed by atoms with van der Waals surface area (Å²) in [7, 11) is 0. The quantitative estimate of drug-likeness (QED) is 0.766. The van der Waals surface area contributed by atoms with Crippen molar-refractivity contribution in [3.63, 3.8) is 0 Å². The number of halogens is 1. The summed E-state index contributed by atoms with van der Waals surface area (Å²) < 4.78 is 6.53. The average Bonchev–Trinajstić information content (AvgIpc) is 2.52. The lowest BCUT2D eigenvalue weighted by Gasteiger charge is -2.34. The van der Waals surface area contributed by atoms with Gasteiger partial charge in [0.15, 0.2) is 0 Å². The minimum Gasteiger partial charge on any atom is -0.492 e. The van der Waals surface area contributed by atoms with Crippen LogP contribution >= 0.6 is 15.9 Å². The summed E-state index contributed by atoms with van der Waals surface area (Å²) in [6.07, 6.45) is 1.64. The van der Waals surface area contributed by atoms with Crippen molar-refractivity contribution in [2.75, 3.05) is 19.7 Å². The second-order valence-electron chi connectivity index (χ2n) is 6.06. The van der Waals surface area contributed by atoms with E-state index in [1.807, 2.05) is 31.2 Å². The second kappa shape index (κ2) is 8.34. The molecule has 23 heavy (non-hydrogen) atoms. The van der Waals surface area contributed by atoms with Crippen molar-refractivity contribution in [1.82, 2.24) is 4.90 Å². The van der Waals surface area contributed by atoms with Crippen LogP contribution in [0.15, 0.2) is 28.7 Å². The van der Waals surface area contributed by atoms with Gasteiger partial charge < -0.3 is 14.7 Å². The number of carbonyl (C=O) groups is 2. The molecule has 6 heteroatoms. The smallest absolute Gasteiger partial charge is 0.308 e. The third-order valence-corrected chi connectivity index (χ3v) is 4.65. The number of aliphatic carboxylic acids is 1. The third kappa shape index (κ3) is 5.23. The van der Waals surface area contributed by atoms with E-state index in [2.05, 4.69) is 15.9 Å². The van der Waals surface area contributed by atoms with E-state index in [-0.39, 0.29) is 11.8 Å². The zero-order valence-electron chi connectivity index (χ0n) is 13.2. The van der Waals surface area contributed by atoms with E-state index < -0.39 is 11.9 Å². The van der Waals surface area contributed by atoms with E-state index in [0.717, 1.165) is 10.2 Å². The SMILES string of the molecule is CC1CC(C(=O)O)CN(C(=O)CCCOc2ccccc2Br)C1. The average molecular weight is 384 g/mol. The highest BCUT2D eigenvalue weighted by Crippen LogP contribution is 2.24. The summed E-state index contributed by atoms with van der Waals surface area (Å²) in [4.78, 5) is 25.1. The molecule has 0 spiro atoms. The van der Waals surface area contributed by atoms with E-state index in [9.17, 15) is 9.59 Å². The molecule has 2 rings (SSSR count).